The van der Waals surface area contributed by atoms with Gasteiger partial charge < -0.3 is 5.32 Å². The van der Waals surface area contributed by atoms with Gasteiger partial charge in [-0.3, -0.25) is 4.79 Å². The highest BCUT2D eigenvalue weighted by Gasteiger charge is 2.13. The number of hydrogen-bond acceptors (Lipinski definition) is 2. The summed E-state index contributed by atoms with van der Waals surface area (Å²) in [5, 5.41) is 6.25. The van der Waals surface area contributed by atoms with Crippen molar-refractivity contribution >= 4 is 27.3 Å². The number of hydrogen-bond donors (Lipinski definition) is 1. The summed E-state index contributed by atoms with van der Waals surface area (Å²) in [7, 11) is 0. The quantitative estimate of drug-likeness (QED) is 0.723. The van der Waals surface area contributed by atoms with Crippen molar-refractivity contribution in [2.24, 2.45) is 0 Å². The van der Waals surface area contributed by atoms with Crippen LogP contribution in [-0.4, -0.2) is 11.9 Å². The summed E-state index contributed by atoms with van der Waals surface area (Å²) >= 11 is 1.67. The summed E-state index contributed by atoms with van der Waals surface area (Å²) in [5.74, 6) is -0.0151. The molecule has 0 unspecified atom stereocenters. The van der Waals surface area contributed by atoms with E-state index in [1.54, 1.807) is 11.3 Å². The maximum atomic E-state index is 12.4. The molecule has 0 spiro atoms. The Bertz CT molecular complexity index is 815. The van der Waals surface area contributed by atoms with Crippen LogP contribution in [0.2, 0.25) is 0 Å². The number of thiophene rings is 1. The lowest BCUT2D eigenvalue weighted by atomic mass is 9.98. The highest BCUT2D eigenvalue weighted by Crippen LogP contribution is 2.33. The number of amides is 1. The van der Waals surface area contributed by atoms with E-state index in [-0.39, 0.29) is 11.9 Å². The van der Waals surface area contributed by atoms with Gasteiger partial charge in [0.25, 0.3) is 5.91 Å². The summed E-state index contributed by atoms with van der Waals surface area (Å²) in [6.45, 7) is 6.03. The molecule has 0 aliphatic carbocycles. The van der Waals surface area contributed by atoms with E-state index in [2.05, 4.69) is 48.0 Å². The number of carbonyl (C=O) groups excluding carboxylic acids is 1. The average Bonchev–Trinajstić information content (AvgIpc) is 2.94. The van der Waals surface area contributed by atoms with Crippen LogP contribution in [0.5, 0.6) is 0 Å². The molecule has 0 saturated carbocycles. The topological polar surface area (TPSA) is 29.1 Å². The first-order valence-corrected chi connectivity index (χ1v) is 8.32. The van der Waals surface area contributed by atoms with Gasteiger partial charge in [-0.15, -0.1) is 11.3 Å². The van der Waals surface area contributed by atoms with Gasteiger partial charge in [0, 0.05) is 21.7 Å². The molecule has 1 aromatic heterocycles. The van der Waals surface area contributed by atoms with Crippen molar-refractivity contribution < 1.29 is 4.79 Å². The molecule has 0 fully saturated rings. The molecule has 3 rings (SSSR count). The van der Waals surface area contributed by atoms with Gasteiger partial charge >= 0.3 is 0 Å². The van der Waals surface area contributed by atoms with Crippen molar-refractivity contribution in [3.8, 4) is 11.1 Å². The zero-order valence-electron chi connectivity index (χ0n) is 13.0. The molecule has 0 aliphatic heterocycles. The van der Waals surface area contributed by atoms with Gasteiger partial charge in [-0.25, -0.2) is 0 Å². The van der Waals surface area contributed by atoms with E-state index in [0.29, 0.717) is 0 Å². The zero-order valence-corrected chi connectivity index (χ0v) is 13.8. The minimum Gasteiger partial charge on any atom is -0.350 e. The standard InChI is InChI=1S/C19H19NOS/c1-12(2)20-19(21)15-10-17(14-6-4-13(3)5-7-14)16-8-9-22-18(16)11-15/h4-12H,1-3H3,(H,20,21). The summed E-state index contributed by atoms with van der Waals surface area (Å²) < 4.78 is 1.15. The number of benzene rings is 2. The predicted molar refractivity (Wildman–Crippen MR) is 94.6 cm³/mol. The van der Waals surface area contributed by atoms with E-state index >= 15 is 0 Å². The Kier molecular flexibility index (Phi) is 3.99. The van der Waals surface area contributed by atoms with Crippen molar-refractivity contribution in [1.29, 1.82) is 0 Å². The molecule has 0 saturated heterocycles. The normalized spacial score (nSPS) is 11.1. The molecular formula is C19H19NOS. The minimum atomic E-state index is -0.0151. The van der Waals surface area contributed by atoms with Crippen LogP contribution >= 0.6 is 11.3 Å². The summed E-state index contributed by atoms with van der Waals surface area (Å²) in [6.07, 6.45) is 0. The Labute approximate surface area is 134 Å². The first-order chi connectivity index (χ1) is 10.5. The van der Waals surface area contributed by atoms with Crippen molar-refractivity contribution in [1.82, 2.24) is 5.32 Å². The van der Waals surface area contributed by atoms with Crippen molar-refractivity contribution in [2.75, 3.05) is 0 Å². The lowest BCUT2D eigenvalue weighted by Gasteiger charge is -2.11. The number of fused-ring (bicyclic) bond motifs is 1. The lowest BCUT2D eigenvalue weighted by Crippen LogP contribution is -2.30. The van der Waals surface area contributed by atoms with Crippen LogP contribution in [0, 0.1) is 6.92 Å². The molecule has 3 aromatic rings. The molecule has 0 bridgehead atoms. The van der Waals surface area contributed by atoms with Crippen LogP contribution in [0.15, 0.2) is 47.8 Å². The molecular weight excluding hydrogens is 290 g/mol. The van der Waals surface area contributed by atoms with E-state index in [4.69, 9.17) is 0 Å². The molecule has 0 atom stereocenters. The fourth-order valence-electron chi connectivity index (χ4n) is 2.52. The van der Waals surface area contributed by atoms with Gasteiger partial charge in [0.15, 0.2) is 0 Å². The first kappa shape index (κ1) is 14.8. The average molecular weight is 309 g/mol. The van der Waals surface area contributed by atoms with Gasteiger partial charge in [-0.2, -0.15) is 0 Å². The smallest absolute Gasteiger partial charge is 0.251 e. The highest BCUT2D eigenvalue weighted by atomic mass is 32.1. The Morgan fingerprint density at radius 1 is 1.09 bits per heavy atom. The zero-order chi connectivity index (χ0) is 15.7. The van der Waals surface area contributed by atoms with Crippen molar-refractivity contribution in [3.63, 3.8) is 0 Å². The molecule has 2 nitrogen and oxygen atoms in total. The molecule has 0 radical (unpaired) electrons. The molecule has 1 N–H and O–H groups in total. The van der Waals surface area contributed by atoms with Crippen LogP contribution < -0.4 is 5.32 Å². The number of aryl methyl sites for hydroxylation is 1. The second kappa shape index (κ2) is 5.93. The number of rotatable bonds is 3. The molecule has 3 heteroatoms. The molecule has 1 heterocycles. The highest BCUT2D eigenvalue weighted by molar-refractivity contribution is 7.17. The van der Waals surface area contributed by atoms with E-state index < -0.39 is 0 Å². The van der Waals surface area contributed by atoms with Crippen molar-refractivity contribution in [3.05, 3.63) is 59.0 Å². The summed E-state index contributed by atoms with van der Waals surface area (Å²) in [5.41, 5.74) is 4.22. The van der Waals surface area contributed by atoms with E-state index in [0.717, 1.165) is 21.4 Å². The molecule has 22 heavy (non-hydrogen) atoms. The van der Waals surface area contributed by atoms with Crippen LogP contribution in [-0.2, 0) is 0 Å². The maximum absolute atomic E-state index is 12.4. The molecule has 1 amide bonds. The Morgan fingerprint density at radius 3 is 2.50 bits per heavy atom. The second-order valence-electron chi connectivity index (χ2n) is 5.85. The Hall–Kier alpha value is -2.13. The lowest BCUT2D eigenvalue weighted by molar-refractivity contribution is 0.0943. The Morgan fingerprint density at radius 2 is 1.82 bits per heavy atom. The predicted octanol–water partition coefficient (Wildman–Crippen LogP) is 5.01. The van der Waals surface area contributed by atoms with Gasteiger partial charge in [-0.05, 0) is 55.5 Å². The van der Waals surface area contributed by atoms with E-state index in [9.17, 15) is 4.79 Å². The van der Waals surface area contributed by atoms with Crippen LogP contribution in [0.1, 0.15) is 29.8 Å². The van der Waals surface area contributed by atoms with Crippen molar-refractivity contribution in [2.45, 2.75) is 26.8 Å². The number of carbonyl (C=O) groups is 1. The molecule has 0 aliphatic rings. The monoisotopic (exact) mass is 309 g/mol. The SMILES string of the molecule is Cc1ccc(-c2cc(C(=O)NC(C)C)cc3sccc23)cc1. The Balaban J connectivity index is 2.14. The van der Waals surface area contributed by atoms with Gasteiger partial charge in [0.2, 0.25) is 0 Å². The first-order valence-electron chi connectivity index (χ1n) is 7.44. The van der Waals surface area contributed by atoms with Crippen LogP contribution in [0.25, 0.3) is 21.2 Å². The van der Waals surface area contributed by atoms with Gasteiger partial charge in [-0.1, -0.05) is 29.8 Å². The van der Waals surface area contributed by atoms with E-state index in [1.165, 1.54) is 10.9 Å². The van der Waals surface area contributed by atoms with Gasteiger partial charge in [0.1, 0.15) is 0 Å². The fraction of sp³-hybridized carbons (Fsp3) is 0.211. The maximum Gasteiger partial charge on any atom is 0.251 e. The summed E-state index contributed by atoms with van der Waals surface area (Å²) in [6, 6.07) is 14.7. The largest absolute Gasteiger partial charge is 0.350 e. The van der Waals surface area contributed by atoms with E-state index in [1.807, 2.05) is 26.0 Å². The fourth-order valence-corrected chi connectivity index (χ4v) is 3.37. The summed E-state index contributed by atoms with van der Waals surface area (Å²) in [4.78, 5) is 12.4. The number of nitrogens with one attached hydrogen (secondary N) is 1. The van der Waals surface area contributed by atoms with Crippen LogP contribution in [0.4, 0.5) is 0 Å². The second-order valence-corrected chi connectivity index (χ2v) is 6.80. The third-order valence-corrected chi connectivity index (χ3v) is 4.48. The molecule has 112 valence electrons. The third-order valence-electron chi connectivity index (χ3n) is 3.62. The molecule has 2 aromatic carbocycles. The van der Waals surface area contributed by atoms with Gasteiger partial charge in [0.05, 0.1) is 0 Å². The third kappa shape index (κ3) is 2.90. The van der Waals surface area contributed by atoms with Crippen LogP contribution in [0.3, 0.4) is 0 Å². The minimum absolute atomic E-state index is 0.0151.